The van der Waals surface area contributed by atoms with Gasteiger partial charge in [-0.05, 0) is 81.6 Å². The van der Waals surface area contributed by atoms with Crippen molar-refractivity contribution in [1.82, 2.24) is 25.5 Å². The van der Waals surface area contributed by atoms with Gasteiger partial charge in [0.05, 0.1) is 30.2 Å². The number of oxazole rings is 1. The number of nitrogens with one attached hydrogen (secondary N) is 2. The van der Waals surface area contributed by atoms with Crippen LogP contribution in [0.2, 0.25) is 5.02 Å². The molecule has 2 aromatic heterocycles. The highest BCUT2D eigenvalue weighted by Crippen LogP contribution is 2.30. The van der Waals surface area contributed by atoms with E-state index in [2.05, 4.69) is 20.6 Å². The highest BCUT2D eigenvalue weighted by atomic mass is 35.5. The molecule has 0 saturated carbocycles. The van der Waals surface area contributed by atoms with Crippen molar-refractivity contribution in [3.63, 3.8) is 0 Å². The number of benzene rings is 2. The van der Waals surface area contributed by atoms with Crippen molar-refractivity contribution in [3.05, 3.63) is 81.1 Å². The Hall–Kier alpha value is -3.68. The van der Waals surface area contributed by atoms with Gasteiger partial charge >= 0.3 is 0 Å². The minimum absolute atomic E-state index is 0.0625. The van der Waals surface area contributed by atoms with Gasteiger partial charge in [-0.1, -0.05) is 35.9 Å². The maximum atomic E-state index is 14.0. The van der Waals surface area contributed by atoms with E-state index in [1.807, 2.05) is 18.2 Å². The second-order valence-corrected chi connectivity index (χ2v) is 14.0. The van der Waals surface area contributed by atoms with Crippen molar-refractivity contribution in [2.45, 2.75) is 75.7 Å². The molecule has 2 amide bonds. The first-order valence-electron chi connectivity index (χ1n) is 16.6. The fourth-order valence-electron chi connectivity index (χ4n) is 6.31. The maximum absolute atomic E-state index is 14.0. The van der Waals surface area contributed by atoms with Gasteiger partial charge in [0.25, 0.3) is 5.89 Å². The third-order valence-corrected chi connectivity index (χ3v) is 10.4. The van der Waals surface area contributed by atoms with E-state index in [0.717, 1.165) is 41.4 Å². The molecule has 0 radical (unpaired) electrons. The van der Waals surface area contributed by atoms with Gasteiger partial charge in [-0.15, -0.1) is 11.3 Å². The average Bonchev–Trinajstić information content (AvgIpc) is 3.86. The highest BCUT2D eigenvalue weighted by Gasteiger charge is 2.41. The zero-order valence-electron chi connectivity index (χ0n) is 26.7. The van der Waals surface area contributed by atoms with Crippen LogP contribution in [0.4, 0.5) is 0 Å². The topological polar surface area (TPSA) is 153 Å². The number of nitrogens with zero attached hydrogens (tertiary/aromatic N) is 3. The largest absolute Gasteiger partial charge is 0.434 e. The Bertz CT molecular complexity index is 1670. The van der Waals surface area contributed by atoms with Gasteiger partial charge in [-0.3, -0.25) is 14.4 Å². The second kappa shape index (κ2) is 16.1. The van der Waals surface area contributed by atoms with E-state index in [1.54, 1.807) is 52.8 Å². The number of aromatic nitrogens is 2. The molecule has 254 valence electrons. The summed E-state index contributed by atoms with van der Waals surface area (Å²) in [6.07, 6.45) is 5.56. The number of hydrogen-bond donors (Lipinski definition) is 3. The lowest BCUT2D eigenvalue weighted by atomic mass is 9.99. The molecular weight excluding hydrogens is 652 g/mol. The van der Waals surface area contributed by atoms with Gasteiger partial charge in [0.15, 0.2) is 5.58 Å². The number of carbonyl (C=O) groups is 3. The quantitative estimate of drug-likeness (QED) is 0.127. The van der Waals surface area contributed by atoms with Crippen molar-refractivity contribution in [2.24, 2.45) is 5.73 Å². The molecule has 4 N–H and O–H groups in total. The summed E-state index contributed by atoms with van der Waals surface area (Å²) in [6, 6.07) is 12.8. The van der Waals surface area contributed by atoms with E-state index in [-0.39, 0.29) is 30.9 Å². The number of fused-ring (bicyclic) bond motifs is 1. The molecule has 0 bridgehead atoms. The maximum Gasteiger partial charge on any atom is 0.266 e. The molecule has 3 atom stereocenters. The fourth-order valence-corrected chi connectivity index (χ4v) is 7.51. The standard InChI is InChI=1S/C35H41ClN6O5S/c36-24-10-8-22(9-11-24)21-46-25-17-29(42(20-25)31(43)18-26-19-39-35(48-26)23-12-15-38-16-13-23)33(45)40-28(6-3-4-14-37)32(44)34-41-27-5-1-2-7-30(27)47-34/h1-2,5,7-11,19,23,25,28-29,38H,3-4,6,12-18,20-21,37H2,(H,40,45)/t25-,28+,29+/m1/s1. The number of nitrogens with two attached hydrogens (primary N) is 1. The summed E-state index contributed by atoms with van der Waals surface area (Å²) in [5.41, 5.74) is 7.72. The molecule has 0 spiro atoms. The van der Waals surface area contributed by atoms with E-state index in [1.165, 1.54) is 0 Å². The summed E-state index contributed by atoms with van der Waals surface area (Å²) in [5.74, 6) is -0.683. The number of ketones is 1. The molecular formula is C35H41ClN6O5S. The van der Waals surface area contributed by atoms with E-state index in [9.17, 15) is 14.4 Å². The zero-order valence-corrected chi connectivity index (χ0v) is 28.3. The first-order valence-corrected chi connectivity index (χ1v) is 17.8. The van der Waals surface area contributed by atoms with Crippen molar-refractivity contribution in [2.75, 3.05) is 26.2 Å². The predicted molar refractivity (Wildman–Crippen MR) is 184 cm³/mol. The molecule has 11 nitrogen and oxygen atoms in total. The SMILES string of the molecule is NCCCC[C@H](NC(=O)[C@@H]1C[C@@H](OCc2ccc(Cl)cc2)CN1C(=O)Cc1cnc(C2CCNCC2)s1)C(=O)c1nc2ccccc2o1. The summed E-state index contributed by atoms with van der Waals surface area (Å²) in [4.78, 5) is 53.0. The molecule has 13 heteroatoms. The van der Waals surface area contributed by atoms with Crippen molar-refractivity contribution in [1.29, 1.82) is 0 Å². The van der Waals surface area contributed by atoms with Gasteiger partial charge in [-0.2, -0.15) is 0 Å². The summed E-state index contributed by atoms with van der Waals surface area (Å²) < 4.78 is 12.0. The lowest BCUT2D eigenvalue weighted by molar-refractivity contribution is -0.138. The number of ether oxygens (including phenoxy) is 1. The minimum atomic E-state index is -0.892. The number of piperidine rings is 1. The lowest BCUT2D eigenvalue weighted by Crippen LogP contribution is -2.51. The van der Waals surface area contributed by atoms with E-state index in [0.29, 0.717) is 60.9 Å². The number of carbonyl (C=O) groups excluding carboxylic acids is 3. The van der Waals surface area contributed by atoms with Crippen LogP contribution in [0.3, 0.4) is 0 Å². The molecule has 4 aromatic rings. The Balaban J connectivity index is 1.18. The first-order chi connectivity index (χ1) is 23.4. The molecule has 0 aliphatic carbocycles. The van der Waals surface area contributed by atoms with Crippen LogP contribution < -0.4 is 16.4 Å². The number of para-hydroxylation sites is 2. The van der Waals surface area contributed by atoms with Crippen molar-refractivity contribution >= 4 is 51.6 Å². The third-order valence-electron chi connectivity index (χ3n) is 8.95. The Labute approximate surface area is 288 Å². The van der Waals surface area contributed by atoms with Gasteiger partial charge in [0.1, 0.15) is 11.6 Å². The van der Waals surface area contributed by atoms with Gasteiger partial charge in [0, 0.05) is 35.0 Å². The number of halogens is 1. The lowest BCUT2D eigenvalue weighted by Gasteiger charge is -2.25. The van der Waals surface area contributed by atoms with Crippen LogP contribution in [0.25, 0.3) is 11.1 Å². The summed E-state index contributed by atoms with van der Waals surface area (Å²) in [7, 11) is 0. The number of unbranched alkanes of at least 4 members (excludes halogenated alkanes) is 1. The minimum Gasteiger partial charge on any atom is -0.434 e. The molecule has 48 heavy (non-hydrogen) atoms. The highest BCUT2D eigenvalue weighted by molar-refractivity contribution is 7.11. The van der Waals surface area contributed by atoms with Crippen LogP contribution in [-0.4, -0.2) is 76.8 Å². The van der Waals surface area contributed by atoms with Crippen LogP contribution in [-0.2, 0) is 27.4 Å². The van der Waals surface area contributed by atoms with Gasteiger partial charge in [0.2, 0.25) is 17.6 Å². The Kier molecular flexibility index (Phi) is 11.5. The molecule has 2 saturated heterocycles. The number of likely N-dealkylation sites (tertiary alicyclic amines) is 1. The average molecular weight is 693 g/mol. The fraction of sp³-hybridized carbons (Fsp3) is 0.457. The normalized spacial score (nSPS) is 19.1. The summed E-state index contributed by atoms with van der Waals surface area (Å²) >= 11 is 7.62. The smallest absolute Gasteiger partial charge is 0.266 e. The van der Waals surface area contributed by atoms with Crippen LogP contribution >= 0.6 is 22.9 Å². The summed E-state index contributed by atoms with van der Waals surface area (Å²) in [5, 5.41) is 8.01. The number of amides is 2. The van der Waals surface area contributed by atoms with E-state index >= 15 is 0 Å². The van der Waals surface area contributed by atoms with Crippen molar-refractivity contribution < 1.29 is 23.5 Å². The molecule has 2 aliphatic rings. The van der Waals surface area contributed by atoms with Crippen LogP contribution in [0.1, 0.15) is 70.6 Å². The molecule has 2 aliphatic heterocycles. The van der Waals surface area contributed by atoms with Crippen LogP contribution in [0, 0.1) is 0 Å². The summed E-state index contributed by atoms with van der Waals surface area (Å²) in [6.45, 7) is 2.95. The molecule has 0 unspecified atom stereocenters. The third kappa shape index (κ3) is 8.48. The predicted octanol–water partition coefficient (Wildman–Crippen LogP) is 4.63. The molecule has 2 aromatic carbocycles. The van der Waals surface area contributed by atoms with E-state index in [4.69, 9.17) is 26.5 Å². The Morgan fingerprint density at radius 1 is 1.12 bits per heavy atom. The van der Waals surface area contributed by atoms with Gasteiger partial charge < -0.3 is 30.4 Å². The molecule has 4 heterocycles. The van der Waals surface area contributed by atoms with Crippen molar-refractivity contribution in [3.8, 4) is 0 Å². The van der Waals surface area contributed by atoms with Crippen LogP contribution in [0.15, 0.2) is 59.1 Å². The van der Waals surface area contributed by atoms with Crippen LogP contribution in [0.5, 0.6) is 0 Å². The van der Waals surface area contributed by atoms with Gasteiger partial charge in [-0.25, -0.2) is 9.97 Å². The number of hydrogen-bond acceptors (Lipinski definition) is 10. The monoisotopic (exact) mass is 692 g/mol. The van der Waals surface area contributed by atoms with E-state index < -0.39 is 23.8 Å². The Morgan fingerprint density at radius 2 is 1.92 bits per heavy atom. The Morgan fingerprint density at radius 3 is 2.69 bits per heavy atom. The zero-order chi connectivity index (χ0) is 33.5. The number of Topliss-reactive ketones (excluding diaryl/α,β-unsaturated/α-hetero) is 1. The second-order valence-electron chi connectivity index (χ2n) is 12.4. The molecule has 2 fully saturated rings. The number of thiazole rings is 1. The number of rotatable bonds is 14. The molecule has 6 rings (SSSR count). The first kappa shape index (κ1) is 34.2.